The van der Waals surface area contributed by atoms with E-state index in [2.05, 4.69) is 0 Å². The van der Waals surface area contributed by atoms with E-state index in [4.69, 9.17) is 4.42 Å². The van der Waals surface area contributed by atoms with Gasteiger partial charge in [-0.25, -0.2) is 0 Å². The van der Waals surface area contributed by atoms with Gasteiger partial charge in [-0.05, 0) is 18.6 Å². The van der Waals surface area contributed by atoms with Gasteiger partial charge >= 0.3 is 5.89 Å². The fourth-order valence-corrected chi connectivity index (χ4v) is 1.79. The minimum absolute atomic E-state index is 0.00587. The Hall–Kier alpha value is -1.84. The van der Waals surface area contributed by atoms with Gasteiger partial charge in [0.25, 0.3) is 5.52 Å². The number of hydrogen-bond acceptors (Lipinski definition) is 3. The van der Waals surface area contributed by atoms with Gasteiger partial charge in [-0.3, -0.25) is 0 Å². The number of benzene rings is 1. The number of carbonyl (C=O) groups excluding carboxylic acids is 1. The first kappa shape index (κ1) is 10.7. The number of aryl methyl sites for hydroxylation is 3. The second kappa shape index (κ2) is 3.96. The van der Waals surface area contributed by atoms with Crippen molar-refractivity contribution in [2.75, 3.05) is 0 Å². The van der Waals surface area contributed by atoms with Crippen LogP contribution in [0.1, 0.15) is 17.9 Å². The molecular weight excluding hydrogens is 206 g/mol. The zero-order valence-corrected chi connectivity index (χ0v) is 9.32. The summed E-state index contributed by atoms with van der Waals surface area (Å²) in [5, 5.41) is 10.5. The summed E-state index contributed by atoms with van der Waals surface area (Å²) >= 11 is 0. The largest absolute Gasteiger partial charge is 0.550 e. The van der Waals surface area contributed by atoms with Gasteiger partial charge in [0, 0.05) is 18.5 Å². The molecule has 1 aromatic carbocycles. The van der Waals surface area contributed by atoms with Gasteiger partial charge in [-0.2, -0.15) is 4.57 Å². The number of carbonyl (C=O) groups is 1. The summed E-state index contributed by atoms with van der Waals surface area (Å²) in [6, 6.07) is 5.85. The lowest BCUT2D eigenvalue weighted by atomic mass is 10.2. The second-order valence-electron chi connectivity index (χ2n) is 3.87. The van der Waals surface area contributed by atoms with Gasteiger partial charge in [0.15, 0.2) is 6.54 Å². The molecule has 2 aromatic rings. The van der Waals surface area contributed by atoms with Crippen molar-refractivity contribution in [3.63, 3.8) is 0 Å². The van der Waals surface area contributed by atoms with Crippen LogP contribution in [-0.4, -0.2) is 5.97 Å². The van der Waals surface area contributed by atoms with Crippen molar-refractivity contribution in [2.24, 2.45) is 0 Å². The van der Waals surface area contributed by atoms with Crippen molar-refractivity contribution < 1.29 is 18.9 Å². The van der Waals surface area contributed by atoms with Crippen LogP contribution < -0.4 is 9.67 Å². The molecule has 4 heteroatoms. The third-order valence-electron chi connectivity index (χ3n) is 2.58. The Bertz CT molecular complexity index is 542. The topological polar surface area (TPSA) is 57.2 Å². The SMILES string of the molecule is Cc1ccc2oc(C)[n+](CCC(=O)[O-])c2c1. The molecule has 0 aliphatic carbocycles. The zero-order chi connectivity index (χ0) is 11.7. The number of hydrogen-bond donors (Lipinski definition) is 0. The minimum atomic E-state index is -1.05. The zero-order valence-electron chi connectivity index (χ0n) is 9.32. The molecule has 0 saturated heterocycles. The summed E-state index contributed by atoms with van der Waals surface area (Å²) in [5.41, 5.74) is 2.83. The number of aliphatic carboxylic acids is 1. The molecule has 0 aliphatic rings. The first-order chi connectivity index (χ1) is 7.58. The standard InChI is InChI=1S/C12H13NO3/c1-8-3-4-11-10(7-8)13(9(2)16-11)6-5-12(14)15/h3-4,7H,5-6H2,1-2H3. The lowest BCUT2D eigenvalue weighted by Crippen LogP contribution is -2.38. The predicted octanol–water partition coefficient (Wildman–Crippen LogP) is 0.477. The van der Waals surface area contributed by atoms with Gasteiger partial charge in [0.05, 0.1) is 6.92 Å². The van der Waals surface area contributed by atoms with Gasteiger partial charge in [-0.1, -0.05) is 6.07 Å². The molecule has 0 saturated carbocycles. The number of aromatic nitrogens is 1. The average Bonchev–Trinajstić information content (AvgIpc) is 2.51. The minimum Gasteiger partial charge on any atom is -0.550 e. The summed E-state index contributed by atoms with van der Waals surface area (Å²) in [4.78, 5) is 10.5. The molecule has 0 radical (unpaired) electrons. The fourth-order valence-electron chi connectivity index (χ4n) is 1.79. The molecule has 84 valence electrons. The van der Waals surface area contributed by atoms with Gasteiger partial charge in [-0.15, -0.1) is 0 Å². The third-order valence-corrected chi connectivity index (χ3v) is 2.58. The Morgan fingerprint density at radius 3 is 2.88 bits per heavy atom. The number of rotatable bonds is 3. The summed E-state index contributed by atoms with van der Waals surface area (Å²) in [6.45, 7) is 4.19. The van der Waals surface area contributed by atoms with Crippen LogP contribution in [0.15, 0.2) is 22.6 Å². The Labute approximate surface area is 93.1 Å². The highest BCUT2D eigenvalue weighted by Gasteiger charge is 2.18. The lowest BCUT2D eigenvalue weighted by Gasteiger charge is -1.97. The number of nitrogens with zero attached hydrogens (tertiary/aromatic N) is 1. The Morgan fingerprint density at radius 2 is 2.19 bits per heavy atom. The van der Waals surface area contributed by atoms with Gasteiger partial charge in [0.2, 0.25) is 5.58 Å². The van der Waals surface area contributed by atoms with E-state index in [1.165, 1.54) is 0 Å². The molecule has 0 amide bonds. The normalized spacial score (nSPS) is 10.9. The van der Waals surface area contributed by atoms with E-state index in [0.29, 0.717) is 12.4 Å². The molecule has 0 atom stereocenters. The predicted molar refractivity (Wildman–Crippen MR) is 55.5 cm³/mol. The molecular formula is C12H13NO3. The van der Waals surface area contributed by atoms with Crippen molar-refractivity contribution in [1.29, 1.82) is 0 Å². The van der Waals surface area contributed by atoms with Crippen LogP contribution in [0.4, 0.5) is 0 Å². The van der Waals surface area contributed by atoms with Crippen LogP contribution in [0.5, 0.6) is 0 Å². The molecule has 0 spiro atoms. The van der Waals surface area contributed by atoms with E-state index in [0.717, 1.165) is 16.7 Å². The number of carboxylic acid groups (broad SMARTS) is 1. The summed E-state index contributed by atoms with van der Waals surface area (Å²) in [6.07, 6.45) is -0.00587. The molecule has 2 rings (SSSR count). The molecule has 0 N–H and O–H groups in total. The molecule has 0 fully saturated rings. The smallest absolute Gasteiger partial charge is 0.344 e. The van der Waals surface area contributed by atoms with Crippen molar-refractivity contribution in [2.45, 2.75) is 26.8 Å². The fraction of sp³-hybridized carbons (Fsp3) is 0.333. The highest BCUT2D eigenvalue weighted by Crippen LogP contribution is 2.15. The maximum atomic E-state index is 10.5. The van der Waals surface area contributed by atoms with E-state index >= 15 is 0 Å². The highest BCUT2D eigenvalue weighted by atomic mass is 16.4. The van der Waals surface area contributed by atoms with E-state index in [1.54, 1.807) is 0 Å². The first-order valence-electron chi connectivity index (χ1n) is 5.17. The van der Waals surface area contributed by atoms with E-state index in [-0.39, 0.29) is 6.42 Å². The van der Waals surface area contributed by atoms with E-state index < -0.39 is 5.97 Å². The van der Waals surface area contributed by atoms with Crippen LogP contribution in [0.2, 0.25) is 0 Å². The average molecular weight is 219 g/mol. The quantitative estimate of drug-likeness (QED) is 0.705. The summed E-state index contributed by atoms with van der Waals surface area (Å²) < 4.78 is 7.40. The van der Waals surface area contributed by atoms with Crippen molar-refractivity contribution >= 4 is 17.1 Å². The maximum absolute atomic E-state index is 10.5. The molecule has 4 nitrogen and oxygen atoms in total. The lowest BCUT2D eigenvalue weighted by molar-refractivity contribution is -0.682. The third kappa shape index (κ3) is 1.91. The molecule has 16 heavy (non-hydrogen) atoms. The molecule has 0 unspecified atom stereocenters. The van der Waals surface area contributed by atoms with Crippen LogP contribution in [0, 0.1) is 13.8 Å². The van der Waals surface area contributed by atoms with Crippen molar-refractivity contribution in [1.82, 2.24) is 0 Å². The first-order valence-corrected chi connectivity index (χ1v) is 5.17. The summed E-state index contributed by atoms with van der Waals surface area (Å²) in [5.74, 6) is -0.337. The monoisotopic (exact) mass is 219 g/mol. The number of fused-ring (bicyclic) bond motifs is 1. The van der Waals surface area contributed by atoms with Crippen molar-refractivity contribution in [3.8, 4) is 0 Å². The Balaban J connectivity index is 2.45. The maximum Gasteiger partial charge on any atom is 0.344 e. The van der Waals surface area contributed by atoms with E-state index in [9.17, 15) is 9.90 Å². The highest BCUT2D eigenvalue weighted by molar-refractivity contribution is 5.70. The van der Waals surface area contributed by atoms with Gasteiger partial charge < -0.3 is 14.3 Å². The molecule has 0 bridgehead atoms. The van der Waals surface area contributed by atoms with E-state index in [1.807, 2.05) is 36.6 Å². The molecule has 0 aliphatic heterocycles. The number of oxazole rings is 1. The molecule has 1 aromatic heterocycles. The second-order valence-corrected chi connectivity index (χ2v) is 3.87. The Kier molecular flexibility index (Phi) is 2.64. The van der Waals surface area contributed by atoms with Crippen LogP contribution in [0.25, 0.3) is 11.1 Å². The van der Waals surface area contributed by atoms with Crippen molar-refractivity contribution in [3.05, 3.63) is 29.7 Å². The Morgan fingerprint density at radius 1 is 1.44 bits per heavy atom. The van der Waals surface area contributed by atoms with Crippen LogP contribution in [0.3, 0.4) is 0 Å². The summed E-state index contributed by atoms with van der Waals surface area (Å²) in [7, 11) is 0. The number of carboxylic acids is 1. The van der Waals surface area contributed by atoms with Crippen LogP contribution in [-0.2, 0) is 11.3 Å². The van der Waals surface area contributed by atoms with Gasteiger partial charge in [0.1, 0.15) is 0 Å². The molecule has 1 heterocycles. The van der Waals surface area contributed by atoms with Crippen LogP contribution >= 0.6 is 0 Å².